The molecule has 0 aliphatic rings. The molecule has 4 nitrogen and oxygen atoms in total. The lowest BCUT2D eigenvalue weighted by molar-refractivity contribution is 0.102. The number of halogens is 1. The van der Waals surface area contributed by atoms with Gasteiger partial charge in [-0.2, -0.15) is 0 Å². The van der Waals surface area contributed by atoms with Crippen LogP contribution < -0.4 is 5.32 Å². The molecule has 0 aliphatic carbocycles. The van der Waals surface area contributed by atoms with Gasteiger partial charge in [0.25, 0.3) is 5.91 Å². The molecule has 0 fully saturated rings. The van der Waals surface area contributed by atoms with Crippen LogP contribution in [0, 0.1) is 12.7 Å². The summed E-state index contributed by atoms with van der Waals surface area (Å²) >= 11 is 0. The van der Waals surface area contributed by atoms with Gasteiger partial charge >= 0.3 is 0 Å². The summed E-state index contributed by atoms with van der Waals surface area (Å²) < 4.78 is 18.3. The fraction of sp³-hybridized carbons (Fsp3) is 0.0588. The summed E-state index contributed by atoms with van der Waals surface area (Å²) in [6.45, 7) is 1.67. The largest absolute Gasteiger partial charge is 0.360 e. The van der Waals surface area contributed by atoms with Crippen molar-refractivity contribution in [3.63, 3.8) is 0 Å². The molecule has 1 amide bonds. The highest BCUT2D eigenvalue weighted by Gasteiger charge is 2.21. The van der Waals surface area contributed by atoms with Crippen LogP contribution in [0.3, 0.4) is 0 Å². The highest BCUT2D eigenvalue weighted by Crippen LogP contribution is 2.26. The predicted octanol–water partition coefficient (Wildman–Crippen LogP) is 4.04. The van der Waals surface area contributed by atoms with Gasteiger partial charge in [0.1, 0.15) is 22.8 Å². The molecule has 1 heterocycles. The Bertz CT molecular complexity index is 813. The molecular weight excluding hydrogens is 283 g/mol. The molecule has 1 aromatic heterocycles. The molecule has 3 rings (SSSR count). The van der Waals surface area contributed by atoms with E-state index < -0.39 is 5.82 Å². The Morgan fingerprint density at radius 1 is 1.14 bits per heavy atom. The zero-order chi connectivity index (χ0) is 15.5. The van der Waals surface area contributed by atoms with Crippen LogP contribution in [0.4, 0.5) is 10.1 Å². The van der Waals surface area contributed by atoms with Gasteiger partial charge < -0.3 is 9.84 Å². The van der Waals surface area contributed by atoms with Gasteiger partial charge in [0.05, 0.1) is 0 Å². The second-order valence-electron chi connectivity index (χ2n) is 4.79. The predicted molar refractivity (Wildman–Crippen MR) is 81.0 cm³/mol. The van der Waals surface area contributed by atoms with E-state index in [-0.39, 0.29) is 5.91 Å². The lowest BCUT2D eigenvalue weighted by Crippen LogP contribution is -2.13. The molecule has 22 heavy (non-hydrogen) atoms. The van der Waals surface area contributed by atoms with Crippen molar-refractivity contribution in [3.8, 4) is 11.3 Å². The summed E-state index contributed by atoms with van der Waals surface area (Å²) in [5.41, 5.74) is 1.97. The van der Waals surface area contributed by atoms with Gasteiger partial charge in [-0.15, -0.1) is 0 Å². The molecule has 110 valence electrons. The van der Waals surface area contributed by atoms with E-state index in [0.29, 0.717) is 22.7 Å². The molecule has 2 aromatic carbocycles. The van der Waals surface area contributed by atoms with Crippen LogP contribution in [0.1, 0.15) is 16.1 Å². The number of anilines is 1. The Hall–Kier alpha value is -2.95. The standard InChI is InChI=1S/C17H13FN2O2/c1-11-15(16(20-22-11)12-6-3-2-4-7-12)17(21)19-14-9-5-8-13(18)10-14/h2-10H,1H3,(H,19,21). The number of nitrogens with zero attached hydrogens (tertiary/aromatic N) is 1. The maximum absolute atomic E-state index is 13.2. The zero-order valence-electron chi connectivity index (χ0n) is 11.8. The van der Waals surface area contributed by atoms with E-state index >= 15 is 0 Å². The van der Waals surface area contributed by atoms with Crippen molar-refractivity contribution in [2.75, 3.05) is 5.32 Å². The molecule has 0 atom stereocenters. The van der Waals surface area contributed by atoms with E-state index in [2.05, 4.69) is 10.5 Å². The summed E-state index contributed by atoms with van der Waals surface area (Å²) in [5.74, 6) is -0.390. The third-order valence-corrected chi connectivity index (χ3v) is 3.22. The van der Waals surface area contributed by atoms with Crippen LogP contribution in [0.25, 0.3) is 11.3 Å². The second-order valence-corrected chi connectivity index (χ2v) is 4.79. The first-order chi connectivity index (χ1) is 10.6. The number of amides is 1. The number of nitrogens with one attached hydrogen (secondary N) is 1. The van der Waals surface area contributed by atoms with Gasteiger partial charge in [-0.25, -0.2) is 4.39 Å². The van der Waals surface area contributed by atoms with E-state index in [9.17, 15) is 9.18 Å². The van der Waals surface area contributed by atoms with E-state index in [1.165, 1.54) is 18.2 Å². The van der Waals surface area contributed by atoms with Gasteiger partial charge in [0.15, 0.2) is 0 Å². The Balaban J connectivity index is 1.95. The quantitative estimate of drug-likeness (QED) is 0.793. The van der Waals surface area contributed by atoms with Gasteiger partial charge in [0.2, 0.25) is 0 Å². The highest BCUT2D eigenvalue weighted by molar-refractivity contribution is 6.08. The first-order valence-electron chi connectivity index (χ1n) is 6.74. The smallest absolute Gasteiger partial charge is 0.261 e. The van der Waals surface area contributed by atoms with E-state index in [1.54, 1.807) is 13.0 Å². The molecule has 0 saturated carbocycles. The summed E-state index contributed by atoms with van der Waals surface area (Å²) in [4.78, 5) is 12.5. The van der Waals surface area contributed by atoms with Crippen LogP contribution >= 0.6 is 0 Å². The molecule has 0 spiro atoms. The first kappa shape index (κ1) is 14.0. The second kappa shape index (κ2) is 5.81. The number of hydrogen-bond acceptors (Lipinski definition) is 3. The zero-order valence-corrected chi connectivity index (χ0v) is 11.8. The molecule has 0 radical (unpaired) electrons. The van der Waals surface area contributed by atoms with Crippen molar-refractivity contribution in [2.24, 2.45) is 0 Å². The van der Waals surface area contributed by atoms with Crippen molar-refractivity contribution < 1.29 is 13.7 Å². The molecule has 3 aromatic rings. The van der Waals surface area contributed by atoms with Crippen LogP contribution in [0.2, 0.25) is 0 Å². The number of carbonyl (C=O) groups is 1. The van der Waals surface area contributed by atoms with Crippen molar-refractivity contribution >= 4 is 11.6 Å². The molecule has 0 saturated heterocycles. The Kier molecular flexibility index (Phi) is 3.70. The molecule has 0 bridgehead atoms. The lowest BCUT2D eigenvalue weighted by Gasteiger charge is -2.06. The van der Waals surface area contributed by atoms with Crippen molar-refractivity contribution in [1.29, 1.82) is 0 Å². The third kappa shape index (κ3) is 2.74. The minimum Gasteiger partial charge on any atom is -0.360 e. The van der Waals surface area contributed by atoms with Crippen molar-refractivity contribution in [2.45, 2.75) is 6.92 Å². The van der Waals surface area contributed by atoms with Gasteiger partial charge in [-0.3, -0.25) is 4.79 Å². The number of rotatable bonds is 3. The van der Waals surface area contributed by atoms with Crippen LogP contribution in [0.15, 0.2) is 59.1 Å². The van der Waals surface area contributed by atoms with E-state index in [4.69, 9.17) is 4.52 Å². The maximum Gasteiger partial charge on any atom is 0.261 e. The average Bonchev–Trinajstić information content (AvgIpc) is 2.90. The first-order valence-corrected chi connectivity index (χ1v) is 6.74. The number of benzene rings is 2. The Morgan fingerprint density at radius 3 is 2.64 bits per heavy atom. The number of hydrogen-bond donors (Lipinski definition) is 1. The fourth-order valence-electron chi connectivity index (χ4n) is 2.19. The Morgan fingerprint density at radius 2 is 1.91 bits per heavy atom. The van der Waals surface area contributed by atoms with E-state index in [0.717, 1.165) is 5.56 Å². The summed E-state index contributed by atoms with van der Waals surface area (Å²) in [5, 5.41) is 6.61. The maximum atomic E-state index is 13.2. The molecule has 1 N–H and O–H groups in total. The van der Waals surface area contributed by atoms with Crippen LogP contribution in [-0.2, 0) is 0 Å². The third-order valence-electron chi connectivity index (χ3n) is 3.22. The van der Waals surface area contributed by atoms with Gasteiger partial charge in [-0.1, -0.05) is 41.6 Å². The molecule has 0 unspecified atom stereocenters. The summed E-state index contributed by atoms with van der Waals surface area (Å²) in [6.07, 6.45) is 0. The summed E-state index contributed by atoms with van der Waals surface area (Å²) in [7, 11) is 0. The Labute approximate surface area is 126 Å². The molecule has 5 heteroatoms. The SMILES string of the molecule is Cc1onc(-c2ccccc2)c1C(=O)Nc1cccc(F)c1. The van der Waals surface area contributed by atoms with Crippen LogP contribution in [0.5, 0.6) is 0 Å². The minimum absolute atomic E-state index is 0.343. The average molecular weight is 296 g/mol. The van der Waals surface area contributed by atoms with Gasteiger partial charge in [-0.05, 0) is 25.1 Å². The number of aromatic nitrogens is 1. The normalized spacial score (nSPS) is 10.5. The lowest BCUT2D eigenvalue weighted by atomic mass is 10.1. The highest BCUT2D eigenvalue weighted by atomic mass is 19.1. The van der Waals surface area contributed by atoms with Gasteiger partial charge in [0, 0.05) is 11.3 Å². The number of aryl methyl sites for hydroxylation is 1. The monoisotopic (exact) mass is 296 g/mol. The molecular formula is C17H13FN2O2. The van der Waals surface area contributed by atoms with Crippen LogP contribution in [-0.4, -0.2) is 11.1 Å². The van der Waals surface area contributed by atoms with Crippen molar-refractivity contribution in [1.82, 2.24) is 5.16 Å². The summed E-state index contributed by atoms with van der Waals surface area (Å²) in [6, 6.07) is 15.0. The topological polar surface area (TPSA) is 55.1 Å². The fourth-order valence-corrected chi connectivity index (χ4v) is 2.19. The minimum atomic E-state index is -0.414. The van der Waals surface area contributed by atoms with Crippen molar-refractivity contribution in [3.05, 3.63) is 71.7 Å². The van der Waals surface area contributed by atoms with E-state index in [1.807, 2.05) is 30.3 Å². The number of carbonyl (C=O) groups excluding carboxylic acids is 1. The molecule has 0 aliphatic heterocycles.